The third kappa shape index (κ3) is 3.11. The Labute approximate surface area is 167 Å². The summed E-state index contributed by atoms with van der Waals surface area (Å²) >= 11 is 0. The van der Waals surface area contributed by atoms with Crippen molar-refractivity contribution in [3.05, 3.63) is 72.8 Å². The normalized spacial score (nSPS) is 11.5. The summed E-state index contributed by atoms with van der Waals surface area (Å²) in [5, 5.41) is 7.02. The highest BCUT2D eigenvalue weighted by atomic mass is 31.1. The molecule has 28 heavy (non-hydrogen) atoms. The molecule has 0 bridgehead atoms. The predicted octanol–water partition coefficient (Wildman–Crippen LogP) is 4.92. The molecule has 0 amide bonds. The van der Waals surface area contributed by atoms with Crippen LogP contribution in [0.1, 0.15) is 0 Å². The summed E-state index contributed by atoms with van der Waals surface area (Å²) in [4.78, 5) is 0. The van der Waals surface area contributed by atoms with Crippen LogP contribution in [0.2, 0.25) is 0 Å². The molecule has 0 aliphatic rings. The van der Waals surface area contributed by atoms with Gasteiger partial charge in [-0.15, -0.1) is 0 Å². The monoisotopic (exact) mass is 389 g/mol. The van der Waals surface area contributed by atoms with Gasteiger partial charge in [0, 0.05) is 29.5 Å². The summed E-state index contributed by atoms with van der Waals surface area (Å²) in [5.74, 6) is 1.88. The first-order valence-electron chi connectivity index (χ1n) is 9.24. The van der Waals surface area contributed by atoms with Crippen LogP contribution in [0.15, 0.2) is 72.8 Å². The lowest BCUT2D eigenvalue weighted by Gasteiger charge is -2.29. The fourth-order valence-corrected chi connectivity index (χ4v) is 6.15. The van der Waals surface area contributed by atoms with E-state index >= 15 is 0 Å². The minimum Gasteiger partial charge on any atom is -0.495 e. The largest absolute Gasteiger partial charge is 0.495 e. The van der Waals surface area contributed by atoms with Gasteiger partial charge in [0.2, 0.25) is 0 Å². The zero-order valence-electron chi connectivity index (χ0n) is 16.6. The molecule has 4 rings (SSSR count). The van der Waals surface area contributed by atoms with Crippen LogP contribution in [0, 0.1) is 0 Å². The second kappa shape index (κ2) is 7.79. The van der Waals surface area contributed by atoms with Crippen LogP contribution >= 0.6 is 8.07 Å². The standard InChI is InChI=1S/C24H24NO2P/c1-25(2)28(21-15-13-17-9-5-7-11-19(17)23(21)26-3)22-16-14-18-10-6-8-12-20(18)24(22)27-4/h5-16H,1-4H3. The van der Waals surface area contributed by atoms with Crippen molar-refractivity contribution in [2.24, 2.45) is 0 Å². The molecule has 0 saturated heterocycles. The zero-order valence-corrected chi connectivity index (χ0v) is 17.5. The van der Waals surface area contributed by atoms with Crippen molar-refractivity contribution in [3.63, 3.8) is 0 Å². The Morgan fingerprint density at radius 3 is 1.43 bits per heavy atom. The van der Waals surface area contributed by atoms with E-state index < -0.39 is 8.07 Å². The van der Waals surface area contributed by atoms with Crippen LogP contribution in [0.25, 0.3) is 21.5 Å². The number of rotatable bonds is 5. The Bertz CT molecular complexity index is 1050. The maximum atomic E-state index is 5.92. The van der Waals surface area contributed by atoms with Crippen molar-refractivity contribution < 1.29 is 9.47 Å². The van der Waals surface area contributed by atoms with E-state index in [2.05, 4.69) is 91.6 Å². The van der Waals surface area contributed by atoms with Gasteiger partial charge < -0.3 is 9.47 Å². The third-order valence-corrected chi connectivity index (χ3v) is 7.40. The van der Waals surface area contributed by atoms with Gasteiger partial charge in [-0.1, -0.05) is 60.7 Å². The van der Waals surface area contributed by atoms with Gasteiger partial charge in [-0.2, -0.15) is 0 Å². The lowest BCUT2D eigenvalue weighted by Crippen LogP contribution is -2.25. The van der Waals surface area contributed by atoms with Crippen molar-refractivity contribution in [2.45, 2.75) is 0 Å². The minimum atomic E-state index is -0.826. The number of fused-ring (bicyclic) bond motifs is 2. The van der Waals surface area contributed by atoms with Gasteiger partial charge >= 0.3 is 0 Å². The molecule has 0 atom stereocenters. The van der Waals surface area contributed by atoms with E-state index in [0.29, 0.717) is 0 Å². The Morgan fingerprint density at radius 1 is 0.607 bits per heavy atom. The molecule has 0 heterocycles. The van der Waals surface area contributed by atoms with Gasteiger partial charge in [0.1, 0.15) is 11.5 Å². The molecule has 4 heteroatoms. The lowest BCUT2D eigenvalue weighted by atomic mass is 10.1. The summed E-state index contributed by atoms with van der Waals surface area (Å²) < 4.78 is 14.1. The van der Waals surface area contributed by atoms with Crippen LogP contribution < -0.4 is 20.1 Å². The molecule has 3 nitrogen and oxygen atoms in total. The van der Waals surface area contributed by atoms with E-state index in [-0.39, 0.29) is 0 Å². The summed E-state index contributed by atoms with van der Waals surface area (Å²) in [6, 6.07) is 25.5. The van der Waals surface area contributed by atoms with E-state index in [0.717, 1.165) is 22.3 Å². The highest BCUT2D eigenvalue weighted by Gasteiger charge is 2.26. The molecule has 0 fully saturated rings. The summed E-state index contributed by atoms with van der Waals surface area (Å²) in [5.41, 5.74) is 0. The molecule has 0 radical (unpaired) electrons. The van der Waals surface area contributed by atoms with E-state index in [9.17, 15) is 0 Å². The first-order chi connectivity index (χ1) is 13.7. The van der Waals surface area contributed by atoms with Crippen molar-refractivity contribution in [1.29, 1.82) is 0 Å². The van der Waals surface area contributed by atoms with Crippen molar-refractivity contribution in [3.8, 4) is 11.5 Å². The Hall–Kier alpha value is -2.61. The van der Waals surface area contributed by atoms with Crippen molar-refractivity contribution in [2.75, 3.05) is 28.3 Å². The SMILES string of the molecule is COc1c(P(c2ccc3ccccc3c2OC)N(C)C)ccc2ccccc12. The average molecular weight is 389 g/mol. The molecule has 0 aromatic heterocycles. The van der Waals surface area contributed by atoms with Gasteiger partial charge in [-0.25, -0.2) is 0 Å². The van der Waals surface area contributed by atoms with Gasteiger partial charge in [0.15, 0.2) is 0 Å². The minimum absolute atomic E-state index is 0.826. The van der Waals surface area contributed by atoms with E-state index in [1.54, 1.807) is 14.2 Å². The first kappa shape index (κ1) is 18.7. The van der Waals surface area contributed by atoms with E-state index in [4.69, 9.17) is 9.47 Å². The summed E-state index contributed by atoms with van der Waals surface area (Å²) in [6.45, 7) is 0. The number of methoxy groups -OCH3 is 2. The van der Waals surface area contributed by atoms with E-state index in [1.807, 2.05) is 0 Å². The predicted molar refractivity (Wildman–Crippen MR) is 121 cm³/mol. The van der Waals surface area contributed by atoms with Gasteiger partial charge in [0.05, 0.1) is 14.2 Å². The number of nitrogens with zero attached hydrogens (tertiary/aromatic N) is 1. The first-order valence-corrected chi connectivity index (χ1v) is 10.5. The summed E-state index contributed by atoms with van der Waals surface area (Å²) in [7, 11) is 6.93. The molecule has 142 valence electrons. The maximum absolute atomic E-state index is 5.92. The van der Waals surface area contributed by atoms with Gasteiger partial charge in [0.25, 0.3) is 0 Å². The Kier molecular flexibility index (Phi) is 5.21. The average Bonchev–Trinajstić information content (AvgIpc) is 2.73. The smallest absolute Gasteiger partial charge is 0.135 e. The quantitative estimate of drug-likeness (QED) is 0.452. The number of benzene rings is 4. The van der Waals surface area contributed by atoms with Crippen LogP contribution in [0.3, 0.4) is 0 Å². The van der Waals surface area contributed by atoms with Gasteiger partial charge in [-0.3, -0.25) is 4.67 Å². The molecule has 4 aromatic rings. The van der Waals surface area contributed by atoms with E-state index in [1.165, 1.54) is 21.4 Å². The topological polar surface area (TPSA) is 21.7 Å². The molecule has 0 aliphatic heterocycles. The van der Waals surface area contributed by atoms with Gasteiger partial charge in [-0.05, 0) is 37.0 Å². The van der Waals surface area contributed by atoms with Crippen LogP contribution in [0.5, 0.6) is 11.5 Å². The van der Waals surface area contributed by atoms with Crippen molar-refractivity contribution in [1.82, 2.24) is 4.67 Å². The molecule has 0 unspecified atom stereocenters. The number of ether oxygens (including phenoxy) is 2. The fraction of sp³-hybridized carbons (Fsp3) is 0.167. The second-order valence-electron chi connectivity index (χ2n) is 6.84. The number of hydrogen-bond donors (Lipinski definition) is 0. The lowest BCUT2D eigenvalue weighted by molar-refractivity contribution is 0.422. The number of hydrogen-bond acceptors (Lipinski definition) is 3. The molecular weight excluding hydrogens is 365 g/mol. The maximum Gasteiger partial charge on any atom is 0.135 e. The molecular formula is C24H24NO2P. The fourth-order valence-electron chi connectivity index (χ4n) is 3.79. The molecule has 0 N–H and O–H groups in total. The molecule has 0 saturated carbocycles. The van der Waals surface area contributed by atoms with Crippen LogP contribution in [0.4, 0.5) is 0 Å². The van der Waals surface area contributed by atoms with Crippen molar-refractivity contribution >= 4 is 40.2 Å². The Balaban J connectivity index is 1.99. The molecule has 0 aliphatic carbocycles. The highest BCUT2D eigenvalue weighted by molar-refractivity contribution is 7.71. The third-order valence-electron chi connectivity index (χ3n) is 4.98. The van der Waals surface area contributed by atoms with Crippen LogP contribution in [-0.4, -0.2) is 33.0 Å². The second-order valence-corrected chi connectivity index (χ2v) is 9.22. The Morgan fingerprint density at radius 2 is 1.04 bits per heavy atom. The highest BCUT2D eigenvalue weighted by Crippen LogP contribution is 2.45. The van der Waals surface area contributed by atoms with Crippen LogP contribution in [-0.2, 0) is 0 Å². The molecule has 0 spiro atoms. The molecule has 4 aromatic carbocycles. The summed E-state index contributed by atoms with van der Waals surface area (Å²) in [6.07, 6.45) is 0. The zero-order chi connectivity index (χ0) is 19.7.